The van der Waals surface area contributed by atoms with Crippen molar-refractivity contribution in [2.45, 2.75) is 18.2 Å². The van der Waals surface area contributed by atoms with Gasteiger partial charge in [-0.1, -0.05) is 37.3 Å². The number of aromatic nitrogens is 1. The zero-order valence-electron chi connectivity index (χ0n) is 17.1. The van der Waals surface area contributed by atoms with Gasteiger partial charge >= 0.3 is 0 Å². The molecule has 0 bridgehead atoms. The number of pyridine rings is 1. The van der Waals surface area contributed by atoms with Crippen molar-refractivity contribution in [3.05, 3.63) is 89.4 Å². The van der Waals surface area contributed by atoms with Crippen molar-refractivity contribution in [3.8, 4) is 5.75 Å². The van der Waals surface area contributed by atoms with Crippen LogP contribution in [0.1, 0.15) is 24.5 Å². The number of nitrogens with zero attached hydrogens (tertiary/aromatic N) is 2. The third kappa shape index (κ3) is 4.92. The molecule has 0 aliphatic carbocycles. The van der Waals surface area contributed by atoms with Crippen LogP contribution in [0, 0.1) is 5.21 Å². The highest BCUT2D eigenvalue weighted by atomic mass is 32.2. The van der Waals surface area contributed by atoms with Crippen LogP contribution in [-0.4, -0.2) is 21.4 Å². The first-order valence-corrected chi connectivity index (χ1v) is 11.0. The molecule has 3 rings (SSSR count). The molecular weight excluding hydrogens is 416 g/mol. The first-order chi connectivity index (χ1) is 14.9. The van der Waals surface area contributed by atoms with Gasteiger partial charge < -0.3 is 9.94 Å². The van der Waals surface area contributed by atoms with E-state index in [4.69, 9.17) is 4.74 Å². The number of hydrogen-bond acceptors (Lipinski definition) is 5. The molecular formula is C23H22N2O5S. The van der Waals surface area contributed by atoms with Gasteiger partial charge in [0.05, 0.1) is 17.7 Å². The second kappa shape index (κ2) is 9.44. The van der Waals surface area contributed by atoms with E-state index in [0.717, 1.165) is 9.87 Å². The van der Waals surface area contributed by atoms with Crippen molar-refractivity contribution < 1.29 is 22.7 Å². The fraction of sp³-hybridized carbons (Fsp3) is 0.130. The number of para-hydroxylation sites is 1. The highest BCUT2D eigenvalue weighted by Gasteiger charge is 2.31. The number of rotatable bonds is 7. The maximum atomic E-state index is 13.4. The first-order valence-electron chi connectivity index (χ1n) is 9.55. The predicted molar refractivity (Wildman–Crippen MR) is 119 cm³/mol. The first kappa shape index (κ1) is 22.0. The Labute approximate surface area is 181 Å². The van der Waals surface area contributed by atoms with Crippen molar-refractivity contribution in [1.29, 1.82) is 0 Å². The lowest BCUT2D eigenvalue weighted by Gasteiger charge is -2.24. The molecule has 0 saturated heterocycles. The van der Waals surface area contributed by atoms with Gasteiger partial charge in [0.15, 0.2) is 12.4 Å². The number of anilines is 1. The lowest BCUT2D eigenvalue weighted by Crippen LogP contribution is -2.37. The van der Waals surface area contributed by atoms with Crippen molar-refractivity contribution in [1.82, 2.24) is 0 Å². The van der Waals surface area contributed by atoms with Crippen LogP contribution in [0.4, 0.5) is 5.69 Å². The number of carbonyl (C=O) groups is 1. The van der Waals surface area contributed by atoms with Crippen LogP contribution in [0.15, 0.2) is 78.0 Å². The third-order valence-electron chi connectivity index (χ3n) is 4.57. The Kier molecular flexibility index (Phi) is 6.71. The predicted octanol–water partition coefficient (Wildman–Crippen LogP) is 3.63. The zero-order chi connectivity index (χ0) is 22.4. The van der Waals surface area contributed by atoms with Gasteiger partial charge in [0.1, 0.15) is 5.75 Å². The molecule has 2 aromatic carbocycles. The van der Waals surface area contributed by atoms with E-state index >= 15 is 0 Å². The van der Waals surface area contributed by atoms with E-state index in [1.807, 2.05) is 0 Å². The summed E-state index contributed by atoms with van der Waals surface area (Å²) in [6.45, 7) is 1.61. The standard InChI is InChI=1S/C23H22N2O5S/c1-3-23(26)25(31(28,29)21-12-10-20(30-2)11-13-21)22-7-5-4-6-19(22)9-8-18-14-16-24(27)17-15-18/h4-17H,3H2,1-2H3. The van der Waals surface area contributed by atoms with Crippen molar-refractivity contribution in [2.75, 3.05) is 11.4 Å². The van der Waals surface area contributed by atoms with Gasteiger partial charge in [0, 0.05) is 18.6 Å². The summed E-state index contributed by atoms with van der Waals surface area (Å²) in [4.78, 5) is 12.8. The molecule has 3 aromatic rings. The minimum absolute atomic E-state index is 0.00954. The second-order valence-corrected chi connectivity index (χ2v) is 8.36. The number of hydrogen-bond donors (Lipinski definition) is 0. The summed E-state index contributed by atoms with van der Waals surface area (Å²) < 4.78 is 33.4. The molecule has 31 heavy (non-hydrogen) atoms. The molecule has 1 aromatic heterocycles. The highest BCUT2D eigenvalue weighted by Crippen LogP contribution is 2.30. The maximum Gasteiger partial charge on any atom is 0.270 e. The highest BCUT2D eigenvalue weighted by molar-refractivity contribution is 7.93. The summed E-state index contributed by atoms with van der Waals surface area (Å²) in [5, 5.41) is 11.2. The summed E-state index contributed by atoms with van der Waals surface area (Å²) in [5.74, 6) is -0.0401. The van der Waals surface area contributed by atoms with Crippen LogP contribution in [-0.2, 0) is 14.8 Å². The van der Waals surface area contributed by atoms with E-state index in [0.29, 0.717) is 16.0 Å². The molecule has 0 N–H and O–H groups in total. The topological polar surface area (TPSA) is 90.6 Å². The molecule has 0 radical (unpaired) electrons. The molecule has 160 valence electrons. The zero-order valence-corrected chi connectivity index (χ0v) is 18.0. The molecule has 0 spiro atoms. The second-order valence-electron chi connectivity index (χ2n) is 6.58. The third-order valence-corrected chi connectivity index (χ3v) is 6.31. The summed E-state index contributed by atoms with van der Waals surface area (Å²) >= 11 is 0. The molecule has 0 atom stereocenters. The average Bonchev–Trinajstić information content (AvgIpc) is 2.79. The number of amides is 1. The SMILES string of the molecule is CCC(=O)N(c1ccccc1C=Cc1cc[n+]([O-])cc1)S(=O)(=O)c1ccc(OC)cc1. The number of ether oxygens (including phenoxy) is 1. The van der Waals surface area contributed by atoms with Crippen LogP contribution in [0.3, 0.4) is 0 Å². The molecule has 0 aliphatic heterocycles. The molecule has 0 saturated carbocycles. The van der Waals surface area contributed by atoms with Gasteiger partial charge in [0.25, 0.3) is 10.0 Å². The monoisotopic (exact) mass is 438 g/mol. The van der Waals surface area contributed by atoms with Crippen molar-refractivity contribution >= 4 is 33.8 Å². The lowest BCUT2D eigenvalue weighted by molar-refractivity contribution is -0.605. The van der Waals surface area contributed by atoms with Gasteiger partial charge in [-0.15, -0.1) is 0 Å². The molecule has 0 fully saturated rings. The normalized spacial score (nSPS) is 11.4. The van der Waals surface area contributed by atoms with E-state index < -0.39 is 15.9 Å². The van der Waals surface area contributed by atoms with Gasteiger partial charge in [-0.25, -0.2) is 12.7 Å². The van der Waals surface area contributed by atoms with E-state index in [1.54, 1.807) is 55.5 Å². The molecule has 0 unspecified atom stereocenters. The molecule has 0 aliphatic rings. The lowest BCUT2D eigenvalue weighted by atomic mass is 10.1. The minimum atomic E-state index is -4.15. The smallest absolute Gasteiger partial charge is 0.270 e. The van der Waals surface area contributed by atoms with Gasteiger partial charge in [0.2, 0.25) is 5.91 Å². The van der Waals surface area contributed by atoms with Crippen LogP contribution >= 0.6 is 0 Å². The fourth-order valence-corrected chi connectivity index (χ4v) is 4.44. The van der Waals surface area contributed by atoms with E-state index in [9.17, 15) is 18.4 Å². The summed E-state index contributed by atoms with van der Waals surface area (Å²) in [7, 11) is -2.66. The molecule has 8 heteroatoms. The quantitative estimate of drug-likeness (QED) is 0.415. The van der Waals surface area contributed by atoms with E-state index in [-0.39, 0.29) is 17.0 Å². The van der Waals surface area contributed by atoms with E-state index in [2.05, 4.69) is 0 Å². The number of carbonyl (C=O) groups excluding carboxylic acids is 1. The number of methoxy groups -OCH3 is 1. The Morgan fingerprint density at radius 1 is 1.03 bits per heavy atom. The van der Waals surface area contributed by atoms with Crippen molar-refractivity contribution in [2.24, 2.45) is 0 Å². The molecule has 1 heterocycles. The average molecular weight is 439 g/mol. The van der Waals surface area contributed by atoms with E-state index in [1.165, 1.54) is 43.8 Å². The molecule has 7 nitrogen and oxygen atoms in total. The van der Waals surface area contributed by atoms with Crippen LogP contribution in [0.5, 0.6) is 5.75 Å². The number of benzene rings is 2. The Hall–Kier alpha value is -3.65. The van der Waals surface area contributed by atoms with Crippen molar-refractivity contribution in [3.63, 3.8) is 0 Å². The van der Waals surface area contributed by atoms with Crippen LogP contribution in [0.25, 0.3) is 12.2 Å². The summed E-state index contributed by atoms with van der Waals surface area (Å²) in [6, 6.07) is 15.9. The van der Waals surface area contributed by atoms with Crippen LogP contribution < -0.4 is 13.8 Å². The minimum Gasteiger partial charge on any atom is -0.619 e. The Morgan fingerprint density at radius 2 is 1.68 bits per heavy atom. The Balaban J connectivity index is 2.07. The molecule has 1 amide bonds. The van der Waals surface area contributed by atoms with Gasteiger partial charge in [-0.05, 0) is 41.5 Å². The Bertz CT molecular complexity index is 1190. The fourth-order valence-electron chi connectivity index (χ4n) is 2.93. The summed E-state index contributed by atoms with van der Waals surface area (Å²) in [6.07, 6.45) is 6.20. The largest absolute Gasteiger partial charge is 0.619 e. The van der Waals surface area contributed by atoms with Gasteiger partial charge in [-0.2, -0.15) is 4.73 Å². The maximum absolute atomic E-state index is 13.4. The summed E-state index contributed by atoms with van der Waals surface area (Å²) in [5.41, 5.74) is 1.55. The number of sulfonamides is 1. The van der Waals surface area contributed by atoms with Crippen LogP contribution in [0.2, 0.25) is 0 Å². The Morgan fingerprint density at radius 3 is 2.29 bits per heavy atom. The van der Waals surface area contributed by atoms with Gasteiger partial charge in [-0.3, -0.25) is 4.79 Å².